The first-order valence-corrected chi connectivity index (χ1v) is 5.35. The Morgan fingerprint density at radius 1 is 1.05 bits per heavy atom. The lowest BCUT2D eigenvalue weighted by atomic mass is 10.2. The Hall–Kier alpha value is -2.48. The normalized spacial score (nSPS) is 9.55. The van der Waals surface area contributed by atoms with Gasteiger partial charge in [-0.2, -0.15) is 0 Å². The van der Waals surface area contributed by atoms with Crippen molar-refractivity contribution in [1.29, 1.82) is 0 Å². The standard InChI is InChI=1S/C11H9ClO8/c1-17-10(15)19-7-4-5(12)3-6(9(13)14)8(7)20-11(16)18-2/h3-4H,1-2H3,(H,13,14). The van der Waals surface area contributed by atoms with Crippen LogP contribution in [-0.2, 0) is 9.47 Å². The van der Waals surface area contributed by atoms with E-state index in [-0.39, 0.29) is 5.02 Å². The molecule has 1 N–H and O–H groups in total. The molecule has 0 saturated carbocycles. The van der Waals surface area contributed by atoms with Crippen molar-refractivity contribution in [3.63, 3.8) is 0 Å². The minimum atomic E-state index is -1.44. The molecule has 0 unspecified atom stereocenters. The highest BCUT2D eigenvalue weighted by atomic mass is 35.5. The highest BCUT2D eigenvalue weighted by Crippen LogP contribution is 2.35. The molecule has 0 atom stereocenters. The predicted octanol–water partition coefficient (Wildman–Crippen LogP) is 2.33. The first-order chi connectivity index (χ1) is 9.38. The maximum absolute atomic E-state index is 11.1. The zero-order valence-corrected chi connectivity index (χ0v) is 11.1. The van der Waals surface area contributed by atoms with Crippen molar-refractivity contribution in [2.24, 2.45) is 0 Å². The molecule has 1 aromatic carbocycles. The van der Waals surface area contributed by atoms with Gasteiger partial charge in [-0.05, 0) is 6.07 Å². The SMILES string of the molecule is COC(=O)Oc1cc(Cl)cc(C(=O)O)c1OC(=O)OC. The van der Waals surface area contributed by atoms with Crippen molar-refractivity contribution in [2.75, 3.05) is 14.2 Å². The van der Waals surface area contributed by atoms with Gasteiger partial charge >= 0.3 is 18.3 Å². The summed E-state index contributed by atoms with van der Waals surface area (Å²) in [5.74, 6) is -2.37. The van der Waals surface area contributed by atoms with Crippen LogP contribution >= 0.6 is 11.6 Å². The van der Waals surface area contributed by atoms with Crippen LogP contribution in [0.4, 0.5) is 9.59 Å². The van der Waals surface area contributed by atoms with Gasteiger partial charge in [0.1, 0.15) is 5.56 Å². The third-order valence-corrected chi connectivity index (χ3v) is 2.18. The maximum atomic E-state index is 11.1. The second-order valence-corrected chi connectivity index (χ2v) is 3.63. The Morgan fingerprint density at radius 3 is 2.10 bits per heavy atom. The molecule has 1 aromatic rings. The topological polar surface area (TPSA) is 108 Å². The Bertz CT molecular complexity index is 554. The number of ether oxygens (including phenoxy) is 4. The van der Waals surface area contributed by atoms with Crippen LogP contribution in [-0.4, -0.2) is 37.6 Å². The minimum absolute atomic E-state index is 0.0430. The van der Waals surface area contributed by atoms with Crippen molar-refractivity contribution < 1.29 is 38.4 Å². The molecule has 0 aromatic heterocycles. The molecule has 0 bridgehead atoms. The molecule has 1 rings (SSSR count). The van der Waals surface area contributed by atoms with Crippen molar-refractivity contribution in [1.82, 2.24) is 0 Å². The Labute approximate surface area is 117 Å². The van der Waals surface area contributed by atoms with Crippen molar-refractivity contribution in [2.45, 2.75) is 0 Å². The number of carboxylic acid groups (broad SMARTS) is 1. The largest absolute Gasteiger partial charge is 0.513 e. The fourth-order valence-corrected chi connectivity index (χ4v) is 1.37. The molecular formula is C11H9ClO8. The Morgan fingerprint density at radius 2 is 1.60 bits per heavy atom. The molecule has 9 heteroatoms. The van der Waals surface area contributed by atoms with Gasteiger partial charge in [0.25, 0.3) is 0 Å². The molecule has 0 fully saturated rings. The number of rotatable bonds is 3. The number of carboxylic acids is 1. The summed E-state index contributed by atoms with van der Waals surface area (Å²) < 4.78 is 17.8. The molecule has 8 nitrogen and oxygen atoms in total. The molecule has 0 spiro atoms. The van der Waals surface area contributed by atoms with Crippen molar-refractivity contribution >= 4 is 29.9 Å². The third-order valence-electron chi connectivity index (χ3n) is 1.96. The van der Waals surface area contributed by atoms with Crippen LogP contribution < -0.4 is 9.47 Å². The lowest BCUT2D eigenvalue weighted by Crippen LogP contribution is -2.14. The van der Waals surface area contributed by atoms with E-state index in [1.807, 2.05) is 0 Å². The summed E-state index contributed by atoms with van der Waals surface area (Å²) in [5, 5.41) is 8.99. The van der Waals surface area contributed by atoms with E-state index in [0.29, 0.717) is 0 Å². The van der Waals surface area contributed by atoms with Crippen LogP contribution in [0.15, 0.2) is 12.1 Å². The number of carbonyl (C=O) groups is 3. The van der Waals surface area contributed by atoms with Crippen LogP contribution in [0, 0.1) is 0 Å². The van der Waals surface area contributed by atoms with Gasteiger partial charge in [0.05, 0.1) is 14.2 Å². The molecule has 0 amide bonds. The van der Waals surface area contributed by atoms with Gasteiger partial charge in [-0.25, -0.2) is 14.4 Å². The number of hydrogen-bond donors (Lipinski definition) is 1. The van der Waals surface area contributed by atoms with E-state index in [1.54, 1.807) is 0 Å². The van der Waals surface area contributed by atoms with Crippen LogP contribution in [0.25, 0.3) is 0 Å². The molecule has 0 heterocycles. The maximum Gasteiger partial charge on any atom is 0.513 e. The van der Waals surface area contributed by atoms with E-state index in [0.717, 1.165) is 26.4 Å². The van der Waals surface area contributed by atoms with E-state index >= 15 is 0 Å². The molecule has 108 valence electrons. The fraction of sp³-hybridized carbons (Fsp3) is 0.182. The fourth-order valence-electron chi connectivity index (χ4n) is 1.17. The van der Waals surface area contributed by atoms with E-state index in [1.165, 1.54) is 0 Å². The number of carbonyl (C=O) groups excluding carboxylic acids is 2. The smallest absolute Gasteiger partial charge is 0.478 e. The molecule has 20 heavy (non-hydrogen) atoms. The van der Waals surface area contributed by atoms with Gasteiger partial charge in [0.15, 0.2) is 11.5 Å². The second-order valence-electron chi connectivity index (χ2n) is 3.20. The number of aromatic carboxylic acids is 1. The highest BCUT2D eigenvalue weighted by molar-refractivity contribution is 6.31. The van der Waals surface area contributed by atoms with Gasteiger partial charge < -0.3 is 24.1 Å². The van der Waals surface area contributed by atoms with E-state index < -0.39 is 35.3 Å². The number of benzene rings is 1. The zero-order valence-electron chi connectivity index (χ0n) is 10.3. The molecule has 0 aliphatic heterocycles. The summed E-state index contributed by atoms with van der Waals surface area (Å²) in [5.41, 5.74) is -0.484. The van der Waals surface area contributed by atoms with Crippen LogP contribution in [0.5, 0.6) is 11.5 Å². The molecule has 0 saturated heterocycles. The van der Waals surface area contributed by atoms with Crippen molar-refractivity contribution in [3.8, 4) is 11.5 Å². The lowest BCUT2D eigenvalue weighted by Gasteiger charge is -2.12. The van der Waals surface area contributed by atoms with E-state index in [4.69, 9.17) is 16.7 Å². The second kappa shape index (κ2) is 6.62. The van der Waals surface area contributed by atoms with Gasteiger partial charge in [-0.3, -0.25) is 0 Å². The van der Waals surface area contributed by atoms with Crippen LogP contribution in [0.3, 0.4) is 0 Å². The first-order valence-electron chi connectivity index (χ1n) is 4.97. The van der Waals surface area contributed by atoms with Crippen LogP contribution in [0.2, 0.25) is 5.02 Å². The van der Waals surface area contributed by atoms with Crippen molar-refractivity contribution in [3.05, 3.63) is 22.7 Å². The summed E-state index contributed by atoms with van der Waals surface area (Å²) in [6.07, 6.45) is -2.33. The first kappa shape index (κ1) is 15.6. The molecule has 0 radical (unpaired) electrons. The summed E-state index contributed by atoms with van der Waals surface area (Å²) >= 11 is 5.70. The van der Waals surface area contributed by atoms with Gasteiger partial charge in [0, 0.05) is 11.1 Å². The van der Waals surface area contributed by atoms with Gasteiger partial charge in [-0.1, -0.05) is 11.6 Å². The van der Waals surface area contributed by atoms with Gasteiger partial charge in [0.2, 0.25) is 0 Å². The molecule has 0 aliphatic rings. The summed E-state index contributed by atoms with van der Waals surface area (Å²) in [7, 11) is 2.07. The third kappa shape index (κ3) is 3.75. The minimum Gasteiger partial charge on any atom is -0.478 e. The van der Waals surface area contributed by atoms with E-state index in [9.17, 15) is 14.4 Å². The lowest BCUT2D eigenvalue weighted by molar-refractivity contribution is 0.0688. The predicted molar refractivity (Wildman–Crippen MR) is 64.5 cm³/mol. The Kier molecular flexibility index (Phi) is 5.15. The monoisotopic (exact) mass is 304 g/mol. The quantitative estimate of drug-likeness (QED) is 0.669. The number of halogens is 1. The molecule has 0 aliphatic carbocycles. The highest BCUT2D eigenvalue weighted by Gasteiger charge is 2.23. The molecular weight excluding hydrogens is 296 g/mol. The zero-order chi connectivity index (χ0) is 15.3. The van der Waals surface area contributed by atoms with E-state index in [2.05, 4.69) is 18.9 Å². The average Bonchev–Trinajstić information content (AvgIpc) is 2.40. The van der Waals surface area contributed by atoms with Crippen LogP contribution in [0.1, 0.15) is 10.4 Å². The Balaban J connectivity index is 3.34. The number of methoxy groups -OCH3 is 2. The average molecular weight is 305 g/mol. The summed E-state index contributed by atoms with van der Waals surface area (Å²) in [6.45, 7) is 0. The van der Waals surface area contributed by atoms with Gasteiger partial charge in [-0.15, -0.1) is 0 Å². The number of hydrogen-bond acceptors (Lipinski definition) is 7. The summed E-state index contributed by atoms with van der Waals surface area (Å²) in [4.78, 5) is 33.3. The summed E-state index contributed by atoms with van der Waals surface area (Å²) in [6, 6.07) is 2.11.